The van der Waals surface area contributed by atoms with Gasteiger partial charge in [-0.05, 0) is 6.07 Å². The minimum absolute atomic E-state index is 0.0156. The SMILES string of the molecule is COCCC(=O)NCc1cc(C#CCCO)cs1. The van der Waals surface area contributed by atoms with Crippen molar-refractivity contribution in [3.63, 3.8) is 0 Å². The first kappa shape index (κ1) is 14.7. The van der Waals surface area contributed by atoms with Crippen molar-refractivity contribution < 1.29 is 14.6 Å². The molecule has 0 saturated carbocycles. The summed E-state index contributed by atoms with van der Waals surface area (Å²) in [6, 6.07) is 1.95. The van der Waals surface area contributed by atoms with Gasteiger partial charge in [-0.2, -0.15) is 0 Å². The molecular formula is C13H17NO3S. The van der Waals surface area contributed by atoms with E-state index in [2.05, 4.69) is 17.2 Å². The fourth-order valence-electron chi connectivity index (χ4n) is 1.23. The van der Waals surface area contributed by atoms with Crippen LogP contribution in [-0.2, 0) is 16.1 Å². The molecule has 98 valence electrons. The van der Waals surface area contributed by atoms with Gasteiger partial charge in [0.25, 0.3) is 0 Å². The average Bonchev–Trinajstić information content (AvgIpc) is 2.82. The van der Waals surface area contributed by atoms with Gasteiger partial charge in [-0.1, -0.05) is 11.8 Å². The molecule has 0 aliphatic heterocycles. The Labute approximate surface area is 111 Å². The second-order valence-corrected chi connectivity index (χ2v) is 4.59. The van der Waals surface area contributed by atoms with Crippen molar-refractivity contribution in [2.24, 2.45) is 0 Å². The first-order valence-corrected chi connectivity index (χ1v) is 6.57. The van der Waals surface area contributed by atoms with Crippen molar-refractivity contribution in [2.45, 2.75) is 19.4 Å². The molecule has 2 N–H and O–H groups in total. The van der Waals surface area contributed by atoms with E-state index in [1.807, 2.05) is 11.4 Å². The summed E-state index contributed by atoms with van der Waals surface area (Å²) in [5.41, 5.74) is 0.926. The largest absolute Gasteiger partial charge is 0.395 e. The normalized spacial score (nSPS) is 9.67. The summed E-state index contributed by atoms with van der Waals surface area (Å²) >= 11 is 1.56. The van der Waals surface area contributed by atoms with E-state index in [1.54, 1.807) is 18.4 Å². The maximum absolute atomic E-state index is 11.4. The van der Waals surface area contributed by atoms with Crippen LogP contribution in [0.15, 0.2) is 11.4 Å². The van der Waals surface area contributed by atoms with Gasteiger partial charge in [0, 0.05) is 35.8 Å². The molecule has 0 fully saturated rings. The van der Waals surface area contributed by atoms with Crippen LogP contribution in [0.25, 0.3) is 0 Å². The number of thiophene rings is 1. The Morgan fingerprint density at radius 2 is 2.44 bits per heavy atom. The molecule has 4 nitrogen and oxygen atoms in total. The lowest BCUT2D eigenvalue weighted by Gasteiger charge is -2.02. The molecule has 18 heavy (non-hydrogen) atoms. The Morgan fingerprint density at radius 1 is 1.61 bits per heavy atom. The van der Waals surface area contributed by atoms with Crippen LogP contribution >= 0.6 is 11.3 Å². The zero-order chi connectivity index (χ0) is 13.2. The third-order valence-corrected chi connectivity index (χ3v) is 3.05. The Kier molecular flexibility index (Phi) is 7.11. The van der Waals surface area contributed by atoms with Crippen LogP contribution in [0, 0.1) is 11.8 Å². The zero-order valence-corrected chi connectivity index (χ0v) is 11.2. The van der Waals surface area contributed by atoms with E-state index in [-0.39, 0.29) is 12.5 Å². The fraction of sp³-hybridized carbons (Fsp3) is 0.462. The summed E-state index contributed by atoms with van der Waals surface area (Å²) in [5, 5.41) is 13.4. The van der Waals surface area contributed by atoms with Gasteiger partial charge in [0.2, 0.25) is 5.91 Å². The maximum Gasteiger partial charge on any atom is 0.222 e. The van der Waals surface area contributed by atoms with E-state index in [1.165, 1.54) is 0 Å². The Hall–Kier alpha value is -1.35. The molecule has 0 unspecified atom stereocenters. The molecule has 0 saturated heterocycles. The number of rotatable bonds is 6. The van der Waals surface area contributed by atoms with Gasteiger partial charge >= 0.3 is 0 Å². The van der Waals surface area contributed by atoms with Crippen molar-refractivity contribution in [1.82, 2.24) is 5.32 Å². The Balaban J connectivity index is 2.36. The Morgan fingerprint density at radius 3 is 3.17 bits per heavy atom. The van der Waals surface area contributed by atoms with Gasteiger partial charge in [-0.15, -0.1) is 11.3 Å². The van der Waals surface area contributed by atoms with E-state index in [0.717, 1.165) is 10.4 Å². The van der Waals surface area contributed by atoms with Crippen LogP contribution in [0.1, 0.15) is 23.3 Å². The molecule has 0 aliphatic carbocycles. The number of nitrogens with one attached hydrogen (secondary N) is 1. The number of methoxy groups -OCH3 is 1. The van der Waals surface area contributed by atoms with Crippen LogP contribution in [0.3, 0.4) is 0 Å². The van der Waals surface area contributed by atoms with Crippen LogP contribution in [-0.4, -0.2) is 31.3 Å². The minimum Gasteiger partial charge on any atom is -0.395 e. The number of hydrogen-bond donors (Lipinski definition) is 2. The van der Waals surface area contributed by atoms with Crippen LogP contribution in [0.2, 0.25) is 0 Å². The van der Waals surface area contributed by atoms with Crippen LogP contribution in [0.5, 0.6) is 0 Å². The van der Waals surface area contributed by atoms with E-state index in [0.29, 0.717) is 26.0 Å². The third-order valence-electron chi connectivity index (χ3n) is 2.12. The van der Waals surface area contributed by atoms with Crippen molar-refractivity contribution in [3.8, 4) is 11.8 Å². The molecule has 1 amide bonds. The van der Waals surface area contributed by atoms with E-state index in [9.17, 15) is 4.79 Å². The van der Waals surface area contributed by atoms with Gasteiger partial charge in [-0.3, -0.25) is 4.79 Å². The van der Waals surface area contributed by atoms with Gasteiger partial charge in [-0.25, -0.2) is 0 Å². The molecule has 1 rings (SSSR count). The smallest absolute Gasteiger partial charge is 0.222 e. The van der Waals surface area contributed by atoms with Gasteiger partial charge in [0.15, 0.2) is 0 Å². The summed E-state index contributed by atoms with van der Waals surface area (Å²) in [7, 11) is 1.57. The summed E-state index contributed by atoms with van der Waals surface area (Å²) < 4.78 is 4.83. The van der Waals surface area contributed by atoms with Crippen molar-refractivity contribution in [1.29, 1.82) is 0 Å². The van der Waals surface area contributed by atoms with E-state index in [4.69, 9.17) is 9.84 Å². The van der Waals surface area contributed by atoms with E-state index < -0.39 is 0 Å². The molecule has 1 heterocycles. The molecule has 1 aromatic heterocycles. The third kappa shape index (κ3) is 5.82. The number of amides is 1. The molecule has 0 atom stereocenters. The quantitative estimate of drug-likeness (QED) is 0.760. The van der Waals surface area contributed by atoms with Gasteiger partial charge in [0.05, 0.1) is 19.8 Å². The number of aliphatic hydroxyl groups is 1. The molecule has 0 aliphatic rings. The highest BCUT2D eigenvalue weighted by Crippen LogP contribution is 2.13. The molecule has 0 aromatic carbocycles. The number of carbonyl (C=O) groups excluding carboxylic acids is 1. The molecule has 0 spiro atoms. The second-order valence-electron chi connectivity index (χ2n) is 3.60. The number of ether oxygens (including phenoxy) is 1. The highest BCUT2D eigenvalue weighted by molar-refractivity contribution is 7.10. The second kappa shape index (κ2) is 8.70. The predicted molar refractivity (Wildman–Crippen MR) is 71.2 cm³/mol. The molecule has 0 radical (unpaired) electrons. The van der Waals surface area contributed by atoms with Crippen molar-refractivity contribution >= 4 is 17.2 Å². The highest BCUT2D eigenvalue weighted by Gasteiger charge is 2.02. The maximum atomic E-state index is 11.4. The minimum atomic E-state index is -0.0156. The molecule has 5 heteroatoms. The van der Waals surface area contributed by atoms with Crippen LogP contribution in [0.4, 0.5) is 0 Å². The first-order valence-electron chi connectivity index (χ1n) is 5.69. The standard InChI is InChI=1S/C13H17NO3S/c1-17-7-5-13(16)14-9-12-8-11(10-18-12)4-2-3-6-15/h8,10,15H,3,5-7,9H2,1H3,(H,14,16). The van der Waals surface area contributed by atoms with Crippen molar-refractivity contribution in [2.75, 3.05) is 20.3 Å². The monoisotopic (exact) mass is 267 g/mol. The van der Waals surface area contributed by atoms with Gasteiger partial charge in [0.1, 0.15) is 0 Å². The lowest BCUT2D eigenvalue weighted by Crippen LogP contribution is -2.23. The van der Waals surface area contributed by atoms with Crippen molar-refractivity contribution in [3.05, 3.63) is 21.9 Å². The Bertz CT molecular complexity index is 431. The fourth-order valence-corrected chi connectivity index (χ4v) is 1.98. The summed E-state index contributed by atoms with van der Waals surface area (Å²) in [4.78, 5) is 12.4. The van der Waals surface area contributed by atoms with Gasteiger partial charge < -0.3 is 15.2 Å². The van der Waals surface area contributed by atoms with Crippen LogP contribution < -0.4 is 5.32 Å². The number of carbonyl (C=O) groups is 1. The van der Waals surface area contributed by atoms with E-state index >= 15 is 0 Å². The lowest BCUT2D eigenvalue weighted by atomic mass is 10.3. The predicted octanol–water partition coefficient (Wildman–Crippen LogP) is 1.13. The summed E-state index contributed by atoms with van der Waals surface area (Å²) in [6.07, 6.45) is 0.865. The topological polar surface area (TPSA) is 58.6 Å². The number of hydrogen-bond acceptors (Lipinski definition) is 4. The molecular weight excluding hydrogens is 250 g/mol. The zero-order valence-electron chi connectivity index (χ0n) is 10.4. The summed E-state index contributed by atoms with van der Waals surface area (Å²) in [6.45, 7) is 1.04. The average molecular weight is 267 g/mol. The first-order chi connectivity index (χ1) is 8.76. The molecule has 0 bridgehead atoms. The summed E-state index contributed by atoms with van der Waals surface area (Å²) in [5.74, 6) is 5.80. The molecule has 1 aromatic rings. The highest BCUT2D eigenvalue weighted by atomic mass is 32.1. The lowest BCUT2D eigenvalue weighted by molar-refractivity contribution is -0.122. The number of aliphatic hydroxyl groups excluding tert-OH is 1.